The normalized spacial score (nSPS) is 25.3. The highest BCUT2D eigenvalue weighted by Gasteiger charge is 2.38. The first-order valence-corrected chi connectivity index (χ1v) is 8.59. The Bertz CT molecular complexity index is 751. The van der Waals surface area contributed by atoms with Gasteiger partial charge in [-0.15, -0.1) is 0 Å². The van der Waals surface area contributed by atoms with Gasteiger partial charge in [0.15, 0.2) is 9.84 Å². The van der Waals surface area contributed by atoms with Crippen molar-refractivity contribution in [3.8, 4) is 0 Å². The Morgan fingerprint density at radius 3 is 2.95 bits per heavy atom. The van der Waals surface area contributed by atoms with Crippen LogP contribution in [0.1, 0.15) is 24.7 Å². The molecule has 1 aliphatic heterocycles. The molecule has 20 heavy (non-hydrogen) atoms. The van der Waals surface area contributed by atoms with Gasteiger partial charge in [-0.1, -0.05) is 6.07 Å². The number of nitrogens with one attached hydrogen (secondary N) is 1. The van der Waals surface area contributed by atoms with Gasteiger partial charge in [-0.25, -0.2) is 13.4 Å². The molecule has 1 N–H and O–H groups in total. The molecule has 2 aromatic heterocycles. The average molecular weight is 293 g/mol. The quantitative estimate of drug-likeness (QED) is 0.927. The van der Waals surface area contributed by atoms with Gasteiger partial charge in [0.25, 0.3) is 0 Å². The van der Waals surface area contributed by atoms with Crippen molar-refractivity contribution in [1.82, 2.24) is 14.7 Å². The second-order valence-corrected chi connectivity index (χ2v) is 8.01. The molecule has 3 heterocycles. The number of aryl methyl sites for hydroxylation is 1. The van der Waals surface area contributed by atoms with Gasteiger partial charge in [0.1, 0.15) is 5.65 Å². The molecule has 0 saturated carbocycles. The number of aromatic nitrogens is 2. The molecule has 1 unspecified atom stereocenters. The van der Waals surface area contributed by atoms with Gasteiger partial charge in [-0.3, -0.25) is 0 Å². The summed E-state index contributed by atoms with van der Waals surface area (Å²) in [5.41, 5.74) is 2.66. The molecule has 108 valence electrons. The SMILES string of the molecule is Cc1nc2ccccn2c1CNC1(C)CCS(=O)(=O)C1. The van der Waals surface area contributed by atoms with Crippen molar-refractivity contribution in [3.05, 3.63) is 35.8 Å². The molecular weight excluding hydrogens is 274 g/mol. The first kappa shape index (κ1) is 13.6. The van der Waals surface area contributed by atoms with Crippen LogP contribution in [0.4, 0.5) is 0 Å². The fourth-order valence-corrected chi connectivity index (χ4v) is 4.95. The molecule has 0 radical (unpaired) electrons. The minimum atomic E-state index is -2.88. The Morgan fingerprint density at radius 1 is 1.45 bits per heavy atom. The Balaban J connectivity index is 1.83. The van der Waals surface area contributed by atoms with Crippen molar-refractivity contribution in [2.24, 2.45) is 0 Å². The number of fused-ring (bicyclic) bond motifs is 1. The van der Waals surface area contributed by atoms with Crippen LogP contribution in [0.5, 0.6) is 0 Å². The topological polar surface area (TPSA) is 63.5 Å². The summed E-state index contributed by atoms with van der Waals surface area (Å²) < 4.78 is 25.3. The molecule has 1 aliphatic rings. The fraction of sp³-hybridized carbons (Fsp3) is 0.500. The van der Waals surface area contributed by atoms with E-state index in [0.29, 0.717) is 13.0 Å². The number of rotatable bonds is 3. The van der Waals surface area contributed by atoms with Crippen molar-refractivity contribution < 1.29 is 8.42 Å². The van der Waals surface area contributed by atoms with E-state index in [2.05, 4.69) is 14.7 Å². The van der Waals surface area contributed by atoms with Crippen LogP contribution in [0.25, 0.3) is 5.65 Å². The smallest absolute Gasteiger partial charge is 0.152 e. The summed E-state index contributed by atoms with van der Waals surface area (Å²) >= 11 is 0. The van der Waals surface area contributed by atoms with Crippen LogP contribution in [0, 0.1) is 6.92 Å². The third-order valence-corrected chi connectivity index (χ3v) is 5.92. The summed E-state index contributed by atoms with van der Waals surface area (Å²) in [6.07, 6.45) is 2.66. The lowest BCUT2D eigenvalue weighted by Crippen LogP contribution is -2.43. The third kappa shape index (κ3) is 2.45. The summed E-state index contributed by atoms with van der Waals surface area (Å²) in [7, 11) is -2.88. The Hall–Kier alpha value is -1.40. The monoisotopic (exact) mass is 293 g/mol. The van der Waals surface area contributed by atoms with Crippen molar-refractivity contribution in [2.75, 3.05) is 11.5 Å². The summed E-state index contributed by atoms with van der Waals surface area (Å²) in [6.45, 7) is 4.59. The largest absolute Gasteiger partial charge is 0.305 e. The molecule has 0 aromatic carbocycles. The number of pyridine rings is 1. The van der Waals surface area contributed by atoms with Gasteiger partial charge in [0, 0.05) is 18.3 Å². The summed E-state index contributed by atoms with van der Waals surface area (Å²) in [4.78, 5) is 4.51. The van der Waals surface area contributed by atoms with Crippen LogP contribution in [0.2, 0.25) is 0 Å². The zero-order valence-corrected chi connectivity index (χ0v) is 12.6. The zero-order valence-electron chi connectivity index (χ0n) is 11.8. The molecule has 0 bridgehead atoms. The highest BCUT2D eigenvalue weighted by Crippen LogP contribution is 2.23. The van der Waals surface area contributed by atoms with Crippen molar-refractivity contribution in [3.63, 3.8) is 0 Å². The molecule has 1 fully saturated rings. The van der Waals surface area contributed by atoms with Crippen molar-refractivity contribution in [2.45, 2.75) is 32.4 Å². The highest BCUT2D eigenvalue weighted by molar-refractivity contribution is 7.91. The van der Waals surface area contributed by atoms with Gasteiger partial charge < -0.3 is 9.72 Å². The number of nitrogens with zero attached hydrogens (tertiary/aromatic N) is 2. The molecule has 6 heteroatoms. The lowest BCUT2D eigenvalue weighted by atomic mass is 10.0. The fourth-order valence-electron chi connectivity index (χ4n) is 2.82. The van der Waals surface area contributed by atoms with E-state index < -0.39 is 9.84 Å². The second-order valence-electron chi connectivity index (χ2n) is 5.83. The standard InChI is InChI=1S/C14H19N3O2S/c1-11-12(17-7-4-3-5-13(17)16-11)9-15-14(2)6-8-20(18,19)10-14/h3-5,7,15H,6,8-10H2,1-2H3. The Kier molecular flexibility index (Phi) is 3.10. The summed E-state index contributed by atoms with van der Waals surface area (Å²) in [5, 5.41) is 3.41. The van der Waals surface area contributed by atoms with Crippen LogP contribution in [-0.4, -0.2) is 34.8 Å². The Morgan fingerprint density at radius 2 is 2.25 bits per heavy atom. The van der Waals surface area contributed by atoms with E-state index in [1.54, 1.807) is 0 Å². The number of sulfone groups is 1. The number of hydrogen-bond donors (Lipinski definition) is 1. The molecule has 1 saturated heterocycles. The molecule has 3 rings (SSSR count). The van der Waals surface area contributed by atoms with Gasteiger partial charge in [-0.05, 0) is 32.4 Å². The van der Waals surface area contributed by atoms with E-state index in [-0.39, 0.29) is 17.0 Å². The van der Waals surface area contributed by atoms with Crippen LogP contribution >= 0.6 is 0 Å². The molecule has 0 amide bonds. The molecule has 2 aromatic rings. The van der Waals surface area contributed by atoms with Crippen molar-refractivity contribution >= 4 is 15.5 Å². The van der Waals surface area contributed by atoms with Crippen LogP contribution in [0.3, 0.4) is 0 Å². The summed E-state index contributed by atoms with van der Waals surface area (Å²) in [6, 6.07) is 5.90. The molecule has 0 aliphatic carbocycles. The molecule has 1 atom stereocenters. The highest BCUT2D eigenvalue weighted by atomic mass is 32.2. The maximum Gasteiger partial charge on any atom is 0.152 e. The third-order valence-electron chi connectivity index (χ3n) is 4.01. The lowest BCUT2D eigenvalue weighted by Gasteiger charge is -2.24. The zero-order chi connectivity index (χ0) is 14.4. The van der Waals surface area contributed by atoms with Crippen LogP contribution in [-0.2, 0) is 16.4 Å². The number of hydrogen-bond acceptors (Lipinski definition) is 4. The predicted octanol–water partition coefficient (Wildman–Crippen LogP) is 1.31. The number of imidazole rings is 1. The maximum absolute atomic E-state index is 11.6. The van der Waals surface area contributed by atoms with Crippen molar-refractivity contribution in [1.29, 1.82) is 0 Å². The van der Waals surface area contributed by atoms with E-state index in [4.69, 9.17) is 0 Å². The van der Waals surface area contributed by atoms with Crippen LogP contribution in [0.15, 0.2) is 24.4 Å². The van der Waals surface area contributed by atoms with E-state index >= 15 is 0 Å². The van der Waals surface area contributed by atoms with Gasteiger partial charge >= 0.3 is 0 Å². The average Bonchev–Trinajstić information content (AvgIpc) is 2.84. The van der Waals surface area contributed by atoms with Gasteiger partial charge in [0.2, 0.25) is 0 Å². The van der Waals surface area contributed by atoms with Crippen LogP contribution < -0.4 is 5.32 Å². The second kappa shape index (κ2) is 4.56. The van der Waals surface area contributed by atoms with E-state index in [9.17, 15) is 8.42 Å². The molecule has 5 nitrogen and oxygen atoms in total. The van der Waals surface area contributed by atoms with E-state index in [0.717, 1.165) is 17.0 Å². The van der Waals surface area contributed by atoms with Gasteiger partial charge in [0.05, 0.1) is 22.9 Å². The minimum absolute atomic E-state index is 0.218. The first-order valence-electron chi connectivity index (χ1n) is 6.77. The minimum Gasteiger partial charge on any atom is -0.305 e. The maximum atomic E-state index is 11.6. The first-order chi connectivity index (χ1) is 9.39. The van der Waals surface area contributed by atoms with E-state index in [1.807, 2.05) is 38.2 Å². The summed E-state index contributed by atoms with van der Waals surface area (Å²) in [5.74, 6) is 0.498. The Labute approximate surface area is 118 Å². The molecular formula is C14H19N3O2S. The molecule has 0 spiro atoms. The van der Waals surface area contributed by atoms with Gasteiger partial charge in [-0.2, -0.15) is 0 Å². The predicted molar refractivity (Wildman–Crippen MR) is 78.4 cm³/mol. The lowest BCUT2D eigenvalue weighted by molar-refractivity contribution is 0.392. The van der Waals surface area contributed by atoms with E-state index in [1.165, 1.54) is 0 Å².